The third-order valence-electron chi connectivity index (χ3n) is 2.03. The second-order valence-electron chi connectivity index (χ2n) is 3.42. The molecule has 2 rings (SSSR count). The largest absolute Gasteiger partial charge is 0.360 e. The van der Waals surface area contributed by atoms with Crippen molar-refractivity contribution in [3.8, 4) is 5.69 Å². The number of nitrogens with zero attached hydrogens (tertiary/aromatic N) is 2. The third kappa shape index (κ3) is 2.26. The average molecular weight is 199 g/mol. The molecule has 0 aliphatic carbocycles. The summed E-state index contributed by atoms with van der Waals surface area (Å²) in [6, 6.07) is 8.11. The van der Waals surface area contributed by atoms with Crippen molar-refractivity contribution in [1.82, 2.24) is 9.55 Å². The maximum absolute atomic E-state index is 4.00. The van der Waals surface area contributed by atoms with E-state index in [1.165, 1.54) is 0 Å². The van der Waals surface area contributed by atoms with Crippen LogP contribution >= 0.6 is 0 Å². The van der Waals surface area contributed by atoms with Crippen molar-refractivity contribution in [1.29, 1.82) is 0 Å². The number of rotatable bonds is 3. The molecule has 0 fully saturated rings. The maximum Gasteiger partial charge on any atom is 0.0991 e. The van der Waals surface area contributed by atoms with Gasteiger partial charge in [0.2, 0.25) is 0 Å². The van der Waals surface area contributed by atoms with Crippen LogP contribution in [-0.4, -0.2) is 9.55 Å². The Morgan fingerprint density at radius 1 is 1.33 bits per heavy atom. The molecule has 1 aromatic carbocycles. The number of allylic oxidation sites excluding steroid dienone is 1. The fraction of sp³-hybridized carbons (Fsp3) is 0.0833. The molecule has 0 bridgehead atoms. The van der Waals surface area contributed by atoms with E-state index < -0.39 is 0 Å². The molecule has 3 heteroatoms. The van der Waals surface area contributed by atoms with E-state index >= 15 is 0 Å². The van der Waals surface area contributed by atoms with Crippen molar-refractivity contribution in [3.05, 3.63) is 55.3 Å². The summed E-state index contributed by atoms with van der Waals surface area (Å²) in [6.45, 7) is 5.73. The first kappa shape index (κ1) is 9.52. The molecule has 0 spiro atoms. The van der Waals surface area contributed by atoms with Gasteiger partial charge in [0.25, 0.3) is 0 Å². The lowest BCUT2D eigenvalue weighted by atomic mass is 10.2. The van der Waals surface area contributed by atoms with Crippen LogP contribution in [0.25, 0.3) is 5.69 Å². The number of hydrogen-bond acceptors (Lipinski definition) is 2. The van der Waals surface area contributed by atoms with Crippen LogP contribution < -0.4 is 5.32 Å². The highest BCUT2D eigenvalue weighted by molar-refractivity contribution is 5.51. The van der Waals surface area contributed by atoms with Crippen molar-refractivity contribution in [2.24, 2.45) is 0 Å². The highest BCUT2D eigenvalue weighted by Crippen LogP contribution is 2.13. The molecule has 15 heavy (non-hydrogen) atoms. The molecule has 2 aromatic rings. The van der Waals surface area contributed by atoms with Crippen molar-refractivity contribution in [3.63, 3.8) is 0 Å². The summed E-state index contributed by atoms with van der Waals surface area (Å²) in [6.07, 6.45) is 5.46. The summed E-state index contributed by atoms with van der Waals surface area (Å²) in [5.41, 5.74) is 3.08. The zero-order valence-corrected chi connectivity index (χ0v) is 8.64. The Labute approximate surface area is 89.1 Å². The third-order valence-corrected chi connectivity index (χ3v) is 2.03. The van der Waals surface area contributed by atoms with Gasteiger partial charge in [-0.1, -0.05) is 6.58 Å². The Kier molecular flexibility index (Phi) is 2.54. The zero-order chi connectivity index (χ0) is 10.7. The Morgan fingerprint density at radius 3 is 2.60 bits per heavy atom. The minimum absolute atomic E-state index is 0.936. The topological polar surface area (TPSA) is 29.9 Å². The van der Waals surface area contributed by atoms with Crippen molar-refractivity contribution in [2.75, 3.05) is 5.32 Å². The van der Waals surface area contributed by atoms with E-state index in [9.17, 15) is 0 Å². The molecule has 3 nitrogen and oxygen atoms in total. The minimum Gasteiger partial charge on any atom is -0.360 e. The molecular formula is C12H13N3. The highest BCUT2D eigenvalue weighted by atomic mass is 15.0. The summed E-state index contributed by atoms with van der Waals surface area (Å²) < 4.78 is 1.96. The van der Waals surface area contributed by atoms with E-state index in [0.29, 0.717) is 0 Å². The SMILES string of the molecule is C=C(C)Nc1ccc(-n2ccnc2)cc1. The van der Waals surface area contributed by atoms with Gasteiger partial charge in [0.15, 0.2) is 0 Å². The Balaban J connectivity index is 2.21. The monoisotopic (exact) mass is 199 g/mol. The van der Waals surface area contributed by atoms with Crippen LogP contribution in [0, 0.1) is 0 Å². The summed E-state index contributed by atoms with van der Waals surface area (Å²) in [5, 5.41) is 3.16. The van der Waals surface area contributed by atoms with E-state index in [1.807, 2.05) is 42.0 Å². The second-order valence-corrected chi connectivity index (χ2v) is 3.42. The van der Waals surface area contributed by atoms with Crippen molar-refractivity contribution in [2.45, 2.75) is 6.92 Å². The number of anilines is 1. The molecule has 1 N–H and O–H groups in total. The highest BCUT2D eigenvalue weighted by Gasteiger charge is 1.95. The molecule has 0 amide bonds. The van der Waals surface area contributed by atoms with Gasteiger partial charge in [-0.15, -0.1) is 0 Å². The second kappa shape index (κ2) is 4.00. The molecule has 0 radical (unpaired) electrons. The number of benzene rings is 1. The summed E-state index contributed by atoms with van der Waals surface area (Å²) in [5.74, 6) is 0. The van der Waals surface area contributed by atoms with Crippen LogP contribution in [0.15, 0.2) is 55.3 Å². The summed E-state index contributed by atoms with van der Waals surface area (Å²) in [4.78, 5) is 4.00. The van der Waals surface area contributed by atoms with Crippen LogP contribution in [0.4, 0.5) is 5.69 Å². The molecule has 76 valence electrons. The molecule has 0 saturated carbocycles. The predicted molar refractivity (Wildman–Crippen MR) is 62.0 cm³/mol. The van der Waals surface area contributed by atoms with E-state index in [-0.39, 0.29) is 0 Å². The van der Waals surface area contributed by atoms with E-state index in [2.05, 4.69) is 16.9 Å². The van der Waals surface area contributed by atoms with Crippen LogP contribution in [-0.2, 0) is 0 Å². The summed E-state index contributed by atoms with van der Waals surface area (Å²) >= 11 is 0. The fourth-order valence-corrected chi connectivity index (χ4v) is 1.38. The smallest absolute Gasteiger partial charge is 0.0991 e. The standard InChI is InChI=1S/C12H13N3/c1-10(2)14-11-3-5-12(6-4-11)15-8-7-13-9-15/h3-9,14H,1H2,2H3. The van der Waals surface area contributed by atoms with Gasteiger partial charge in [-0.2, -0.15) is 0 Å². The van der Waals surface area contributed by atoms with Crippen LogP contribution in [0.1, 0.15) is 6.92 Å². The van der Waals surface area contributed by atoms with Crippen molar-refractivity contribution < 1.29 is 0 Å². The van der Waals surface area contributed by atoms with Gasteiger partial charge in [-0.05, 0) is 31.2 Å². The average Bonchev–Trinajstić information content (AvgIpc) is 2.71. The maximum atomic E-state index is 4.00. The Morgan fingerprint density at radius 2 is 2.07 bits per heavy atom. The van der Waals surface area contributed by atoms with Gasteiger partial charge in [-0.25, -0.2) is 4.98 Å². The van der Waals surface area contributed by atoms with Gasteiger partial charge < -0.3 is 9.88 Å². The lowest BCUT2D eigenvalue weighted by Gasteiger charge is -2.06. The zero-order valence-electron chi connectivity index (χ0n) is 8.64. The normalized spacial score (nSPS) is 9.93. The van der Waals surface area contributed by atoms with E-state index in [0.717, 1.165) is 17.1 Å². The number of nitrogens with one attached hydrogen (secondary N) is 1. The molecule has 0 atom stereocenters. The van der Waals surface area contributed by atoms with Gasteiger partial charge >= 0.3 is 0 Å². The van der Waals surface area contributed by atoms with Crippen molar-refractivity contribution >= 4 is 5.69 Å². The predicted octanol–water partition coefficient (Wildman–Crippen LogP) is 2.82. The van der Waals surface area contributed by atoms with Crippen LogP contribution in [0.2, 0.25) is 0 Å². The van der Waals surface area contributed by atoms with Gasteiger partial charge in [0, 0.05) is 29.5 Å². The fourth-order valence-electron chi connectivity index (χ4n) is 1.38. The van der Waals surface area contributed by atoms with Crippen LogP contribution in [0.5, 0.6) is 0 Å². The Hall–Kier alpha value is -2.03. The van der Waals surface area contributed by atoms with E-state index in [4.69, 9.17) is 0 Å². The number of hydrogen-bond donors (Lipinski definition) is 1. The molecule has 0 saturated heterocycles. The minimum atomic E-state index is 0.936. The number of aromatic nitrogens is 2. The molecule has 0 aliphatic rings. The molecule has 1 aromatic heterocycles. The van der Waals surface area contributed by atoms with E-state index in [1.54, 1.807) is 12.5 Å². The first-order valence-corrected chi connectivity index (χ1v) is 4.76. The summed E-state index contributed by atoms with van der Waals surface area (Å²) in [7, 11) is 0. The quantitative estimate of drug-likeness (QED) is 0.823. The lowest BCUT2D eigenvalue weighted by molar-refractivity contribution is 1.06. The Bertz CT molecular complexity index is 440. The first-order valence-electron chi connectivity index (χ1n) is 4.76. The molecule has 1 heterocycles. The number of imidazole rings is 1. The van der Waals surface area contributed by atoms with Gasteiger partial charge in [0.05, 0.1) is 6.33 Å². The molecule has 0 unspecified atom stereocenters. The van der Waals surface area contributed by atoms with Gasteiger partial charge in [-0.3, -0.25) is 0 Å². The molecular weight excluding hydrogens is 186 g/mol. The van der Waals surface area contributed by atoms with Gasteiger partial charge in [0.1, 0.15) is 0 Å². The first-order chi connectivity index (χ1) is 7.25. The van der Waals surface area contributed by atoms with Crippen LogP contribution in [0.3, 0.4) is 0 Å². The molecule has 0 aliphatic heterocycles. The lowest BCUT2D eigenvalue weighted by Crippen LogP contribution is -1.94.